The Bertz CT molecular complexity index is 2380. The molecule has 5 unspecified atom stereocenters. The zero-order chi connectivity index (χ0) is 77.4. The molecule has 0 aliphatic rings. The number of phosphoric acid groups is 2. The summed E-state index contributed by atoms with van der Waals surface area (Å²) < 4.78 is 68.8. The van der Waals surface area contributed by atoms with Crippen LogP contribution in [0.5, 0.6) is 0 Å². The number of aliphatic hydroxyl groups excluding tert-OH is 1. The first kappa shape index (κ1) is 102. The van der Waals surface area contributed by atoms with E-state index in [1.807, 2.05) is 0 Å². The number of phosphoric ester groups is 2. The third kappa shape index (κ3) is 78.1. The number of carbonyl (C=O) groups excluding carboxylic acids is 4. The molecule has 0 spiro atoms. The van der Waals surface area contributed by atoms with Crippen molar-refractivity contribution in [1.29, 1.82) is 0 Å². The van der Waals surface area contributed by atoms with Gasteiger partial charge in [-0.05, 0) is 122 Å². The fraction of sp³-hybridized carbons (Fsp3) is 0.770. The summed E-state index contributed by atoms with van der Waals surface area (Å²) in [6, 6.07) is 0. The lowest BCUT2D eigenvalue weighted by Gasteiger charge is -2.21. The molecule has 0 rings (SSSR count). The average Bonchev–Trinajstić information content (AvgIpc) is 0.909. The molecular weight excluding hydrogens is 1380 g/mol. The van der Waals surface area contributed by atoms with Crippen LogP contribution in [-0.4, -0.2) is 96.7 Å². The second-order valence-corrected chi connectivity index (χ2v) is 31.3. The lowest BCUT2D eigenvalue weighted by atomic mass is 10.0. The summed E-state index contributed by atoms with van der Waals surface area (Å²) in [6.45, 7) is 4.69. The van der Waals surface area contributed by atoms with Gasteiger partial charge in [-0.1, -0.05) is 324 Å². The Morgan fingerprint density at radius 1 is 0.274 bits per heavy atom. The van der Waals surface area contributed by atoms with E-state index in [-0.39, 0.29) is 25.7 Å². The molecule has 0 radical (unpaired) electrons. The molecule has 17 nitrogen and oxygen atoms in total. The summed E-state index contributed by atoms with van der Waals surface area (Å²) in [4.78, 5) is 73.2. The van der Waals surface area contributed by atoms with Gasteiger partial charge in [0.15, 0.2) is 12.2 Å². The number of rotatable bonds is 80. The maximum Gasteiger partial charge on any atom is 0.472 e. The van der Waals surface area contributed by atoms with Crippen molar-refractivity contribution in [3.8, 4) is 0 Å². The molecule has 0 heterocycles. The van der Waals surface area contributed by atoms with E-state index >= 15 is 0 Å². The number of ether oxygens (including phenoxy) is 4. The van der Waals surface area contributed by atoms with Crippen LogP contribution in [0.3, 0.4) is 0 Å². The molecule has 0 bridgehead atoms. The molecule has 5 atom stereocenters. The molecule has 0 aliphatic heterocycles. The normalized spacial score (nSPS) is 14.3. The molecule has 614 valence electrons. The first-order valence-corrected chi connectivity index (χ1v) is 45.5. The fourth-order valence-corrected chi connectivity index (χ4v) is 13.2. The topological polar surface area (TPSA) is 237 Å². The minimum Gasteiger partial charge on any atom is -0.462 e. The van der Waals surface area contributed by atoms with Gasteiger partial charge in [0.05, 0.1) is 26.4 Å². The van der Waals surface area contributed by atoms with Gasteiger partial charge in [0.25, 0.3) is 0 Å². The van der Waals surface area contributed by atoms with Gasteiger partial charge in [-0.25, -0.2) is 9.13 Å². The summed E-state index contributed by atoms with van der Waals surface area (Å²) >= 11 is 0. The van der Waals surface area contributed by atoms with E-state index in [2.05, 4.69) is 125 Å². The quantitative estimate of drug-likeness (QED) is 0.0169. The number of unbranched alkanes of at least 4 members (excludes halogenated alkanes) is 38. The monoisotopic (exact) mass is 1530 g/mol. The Hall–Kier alpha value is -4.02. The second-order valence-electron chi connectivity index (χ2n) is 28.4. The summed E-state index contributed by atoms with van der Waals surface area (Å²) in [6.07, 6.45) is 85.0. The van der Waals surface area contributed by atoms with E-state index in [4.69, 9.17) is 37.0 Å². The number of hydrogen-bond donors (Lipinski definition) is 3. The van der Waals surface area contributed by atoms with E-state index in [1.54, 1.807) is 0 Å². The molecule has 106 heavy (non-hydrogen) atoms. The highest BCUT2D eigenvalue weighted by Gasteiger charge is 2.30. The molecule has 0 aliphatic carbocycles. The van der Waals surface area contributed by atoms with Crippen molar-refractivity contribution >= 4 is 39.5 Å². The average molecular weight is 1530 g/mol. The minimum atomic E-state index is -4.98. The molecule has 0 amide bonds. The van der Waals surface area contributed by atoms with Crippen LogP contribution >= 0.6 is 15.6 Å². The summed E-state index contributed by atoms with van der Waals surface area (Å²) in [7, 11) is -9.96. The van der Waals surface area contributed by atoms with E-state index in [0.29, 0.717) is 25.7 Å². The van der Waals surface area contributed by atoms with Crippen LogP contribution in [0.4, 0.5) is 0 Å². The molecular formula is C87H154O17P2. The van der Waals surface area contributed by atoms with Crippen LogP contribution in [0.2, 0.25) is 0 Å². The first-order valence-electron chi connectivity index (χ1n) is 42.5. The molecule has 0 saturated heterocycles. The number of allylic oxidation sites excluding steroid dienone is 16. The third-order valence-corrected chi connectivity index (χ3v) is 19.9. The van der Waals surface area contributed by atoms with E-state index in [1.165, 1.54) is 103 Å². The van der Waals surface area contributed by atoms with Crippen molar-refractivity contribution < 1.29 is 80.2 Å². The second kappa shape index (κ2) is 79.1. The van der Waals surface area contributed by atoms with Gasteiger partial charge in [0, 0.05) is 25.7 Å². The Balaban J connectivity index is 5.36. The highest BCUT2D eigenvalue weighted by molar-refractivity contribution is 7.47. The Kier molecular flexibility index (Phi) is 76.1. The molecule has 19 heteroatoms. The van der Waals surface area contributed by atoms with Crippen molar-refractivity contribution in [1.82, 2.24) is 0 Å². The van der Waals surface area contributed by atoms with Gasteiger partial charge in [0.1, 0.15) is 19.3 Å². The summed E-state index contributed by atoms with van der Waals surface area (Å²) in [5, 5.41) is 10.7. The minimum absolute atomic E-state index is 0.0829. The summed E-state index contributed by atoms with van der Waals surface area (Å²) in [5.74, 6) is -2.18. The maximum atomic E-state index is 13.1. The van der Waals surface area contributed by atoms with Gasteiger partial charge >= 0.3 is 39.5 Å². The third-order valence-electron chi connectivity index (χ3n) is 18.0. The zero-order valence-corrected chi connectivity index (χ0v) is 69.1. The van der Waals surface area contributed by atoms with Crippen LogP contribution in [0, 0.1) is 0 Å². The van der Waals surface area contributed by atoms with Gasteiger partial charge in [-0.2, -0.15) is 0 Å². The Morgan fingerprint density at radius 2 is 0.491 bits per heavy atom. The van der Waals surface area contributed by atoms with E-state index in [0.717, 1.165) is 193 Å². The smallest absolute Gasteiger partial charge is 0.462 e. The summed E-state index contributed by atoms with van der Waals surface area (Å²) in [5.41, 5.74) is 0. The number of hydrogen-bond acceptors (Lipinski definition) is 15. The number of esters is 4. The highest BCUT2D eigenvalue weighted by atomic mass is 31.2. The maximum absolute atomic E-state index is 13.1. The van der Waals surface area contributed by atoms with E-state index in [9.17, 15) is 43.2 Å². The molecule has 0 aromatic rings. The zero-order valence-electron chi connectivity index (χ0n) is 67.3. The molecule has 0 aromatic heterocycles. The molecule has 3 N–H and O–H groups in total. The predicted molar refractivity (Wildman–Crippen MR) is 436 cm³/mol. The van der Waals surface area contributed by atoms with Crippen LogP contribution in [-0.2, 0) is 65.4 Å². The van der Waals surface area contributed by atoms with E-state index < -0.39 is 97.5 Å². The lowest BCUT2D eigenvalue weighted by molar-refractivity contribution is -0.161. The highest BCUT2D eigenvalue weighted by Crippen LogP contribution is 2.45. The first-order chi connectivity index (χ1) is 51.7. The Labute approximate surface area is 646 Å². The van der Waals surface area contributed by atoms with Crippen LogP contribution in [0.15, 0.2) is 97.2 Å². The van der Waals surface area contributed by atoms with Crippen molar-refractivity contribution in [2.45, 2.75) is 393 Å². The van der Waals surface area contributed by atoms with Crippen molar-refractivity contribution in [2.75, 3.05) is 39.6 Å². The number of aliphatic hydroxyl groups is 1. The van der Waals surface area contributed by atoms with Gasteiger partial charge < -0.3 is 33.8 Å². The van der Waals surface area contributed by atoms with Crippen molar-refractivity contribution in [3.63, 3.8) is 0 Å². The van der Waals surface area contributed by atoms with Crippen molar-refractivity contribution in [3.05, 3.63) is 97.2 Å². The largest absolute Gasteiger partial charge is 0.472 e. The van der Waals surface area contributed by atoms with Gasteiger partial charge in [0.2, 0.25) is 0 Å². The van der Waals surface area contributed by atoms with Gasteiger partial charge in [-0.3, -0.25) is 37.3 Å². The van der Waals surface area contributed by atoms with Crippen LogP contribution in [0.1, 0.15) is 374 Å². The van der Waals surface area contributed by atoms with Gasteiger partial charge in [-0.15, -0.1) is 0 Å². The molecule has 0 aromatic carbocycles. The number of carbonyl (C=O) groups is 4. The predicted octanol–water partition coefficient (Wildman–Crippen LogP) is 25.1. The van der Waals surface area contributed by atoms with Crippen LogP contribution in [0.25, 0.3) is 0 Å². The standard InChI is InChI=1S/C87H154O17P2/c1-5-9-13-17-21-25-29-33-37-39-40-42-46-48-52-56-60-64-68-72-85(90)98-78-83(104-87(92)74-70-66-62-58-54-50-44-36-32-28-24-20-16-12-8-4)80-102-106(95,96)100-76-81(88)75-99-105(93,94)101-79-82(103-86(91)73-69-65-61-57-53-49-43-35-31-27-23-19-15-11-7-3)77-97-84(89)71-67-63-59-55-51-47-45-41-38-34-30-26-22-18-14-10-6-2/h9-10,13-14,21-22,25-26,33-34,36-38,40,42,44,81-83,88H,5-8,11-12,15-20,23-24,27-32,35,39,41,43,45-80H2,1-4H3,(H,93,94)(H,95,96)/b13-9-,14-10-,25-21-,26-22-,37-33-,38-34-,42-40-,44-36-. The fourth-order valence-electron chi connectivity index (χ4n) is 11.6. The SMILES string of the molecule is CC/C=C\C/C=C\C/C=C\C/C=C\CCCCCCCCC(=O)OCC(COP(=O)(O)OCC(O)COP(=O)(O)OCC(COC(=O)CCCCCCCCC/C=C\C/C=C\C/C=C\CC)OC(=O)CCCCCCCCCCCCCCCCC)OC(=O)CCCCCCC/C=C\CCCCCCCC. The van der Waals surface area contributed by atoms with Crippen LogP contribution < -0.4 is 0 Å². The van der Waals surface area contributed by atoms with Crippen molar-refractivity contribution in [2.24, 2.45) is 0 Å². The lowest BCUT2D eigenvalue weighted by Crippen LogP contribution is -2.30. The Morgan fingerprint density at radius 3 is 0.764 bits per heavy atom. The molecule has 0 saturated carbocycles. The molecule has 0 fully saturated rings.